The maximum atomic E-state index is 14.0. The Morgan fingerprint density at radius 1 is 1.14 bits per heavy atom. The fourth-order valence-corrected chi connectivity index (χ4v) is 5.26. The van der Waals surface area contributed by atoms with Crippen LogP contribution in [0.1, 0.15) is 59.6 Å². The average Bonchev–Trinajstić information content (AvgIpc) is 3.51. The second kappa shape index (κ2) is 9.47. The van der Waals surface area contributed by atoms with E-state index in [2.05, 4.69) is 5.10 Å². The van der Waals surface area contributed by atoms with E-state index >= 15 is 0 Å². The van der Waals surface area contributed by atoms with Gasteiger partial charge in [0.1, 0.15) is 5.82 Å². The van der Waals surface area contributed by atoms with Gasteiger partial charge in [0.2, 0.25) is 11.8 Å². The zero-order valence-electron chi connectivity index (χ0n) is 19.2. The molecule has 2 fully saturated rings. The number of carbonyl (C=O) groups is 2. The van der Waals surface area contributed by atoms with Crippen molar-refractivity contribution < 1.29 is 18.8 Å². The monoisotopic (exact) mass is 475 g/mol. The van der Waals surface area contributed by atoms with Crippen LogP contribution in [0.5, 0.6) is 0 Å². The molecule has 0 radical (unpaired) electrons. The van der Waals surface area contributed by atoms with Gasteiger partial charge in [-0.25, -0.2) is 9.45 Å². The summed E-state index contributed by atoms with van der Waals surface area (Å²) in [6.45, 7) is 1.12. The number of rotatable bonds is 5. The molecule has 3 aromatic rings. The summed E-state index contributed by atoms with van der Waals surface area (Å²) < 4.78 is 15.9. The van der Waals surface area contributed by atoms with Gasteiger partial charge in [-0.15, -0.1) is 0 Å². The van der Waals surface area contributed by atoms with Crippen molar-refractivity contribution in [2.45, 2.75) is 44.7 Å². The van der Waals surface area contributed by atoms with Gasteiger partial charge in [-0.3, -0.25) is 19.1 Å². The maximum Gasteiger partial charge on any atom is 0.249 e. The summed E-state index contributed by atoms with van der Waals surface area (Å²) in [5.41, 5.74) is 7.60. The highest BCUT2D eigenvalue weighted by molar-refractivity contribution is 5.96. The number of aromatic nitrogens is 2. The predicted octanol–water partition coefficient (Wildman–Crippen LogP) is 3.86. The molecule has 1 saturated carbocycles. The van der Waals surface area contributed by atoms with Gasteiger partial charge in [-0.1, -0.05) is 0 Å². The van der Waals surface area contributed by atoms with Gasteiger partial charge in [-0.05, 0) is 73.6 Å². The first-order valence-electron chi connectivity index (χ1n) is 11.8. The Hall–Kier alpha value is -3.77. The summed E-state index contributed by atoms with van der Waals surface area (Å²) in [6, 6.07) is 11.1. The highest BCUT2D eigenvalue weighted by Gasteiger charge is 2.37. The van der Waals surface area contributed by atoms with E-state index in [9.17, 15) is 14.0 Å². The summed E-state index contributed by atoms with van der Waals surface area (Å²) in [5.74, 6) is -0.791. The van der Waals surface area contributed by atoms with Gasteiger partial charge in [0, 0.05) is 29.8 Å². The Morgan fingerprint density at radius 3 is 2.69 bits per heavy atom. The molecule has 0 unspecified atom stereocenters. The number of nitrogens with two attached hydrogens (primary N) is 1. The van der Waals surface area contributed by atoms with Crippen molar-refractivity contribution in [3.05, 3.63) is 65.1 Å². The van der Waals surface area contributed by atoms with E-state index in [1.54, 1.807) is 24.4 Å². The van der Waals surface area contributed by atoms with Crippen LogP contribution in [0.2, 0.25) is 0 Å². The molecule has 5 rings (SSSR count). The Labute approximate surface area is 202 Å². The SMILES string of the molecule is N#Cc1cc(F)cc([C@@H]2CCON2C(=O)[C@H]2CC[C@H](Cn3ncc4cc(C(N)=O)ccc43)CC2)c1. The minimum Gasteiger partial charge on any atom is -0.366 e. The van der Waals surface area contributed by atoms with Crippen molar-refractivity contribution >= 4 is 22.7 Å². The third kappa shape index (κ3) is 4.62. The molecule has 2 amide bonds. The molecule has 35 heavy (non-hydrogen) atoms. The van der Waals surface area contributed by atoms with Gasteiger partial charge in [0.25, 0.3) is 0 Å². The summed E-state index contributed by atoms with van der Waals surface area (Å²) >= 11 is 0. The summed E-state index contributed by atoms with van der Waals surface area (Å²) in [4.78, 5) is 30.4. The van der Waals surface area contributed by atoms with E-state index in [4.69, 9.17) is 15.8 Å². The van der Waals surface area contributed by atoms with E-state index in [1.165, 1.54) is 17.2 Å². The van der Waals surface area contributed by atoms with Crippen molar-refractivity contribution in [3.8, 4) is 6.07 Å². The van der Waals surface area contributed by atoms with Gasteiger partial charge in [0.05, 0.1) is 36.0 Å². The van der Waals surface area contributed by atoms with E-state index in [0.717, 1.165) is 43.1 Å². The van der Waals surface area contributed by atoms with Gasteiger partial charge in [-0.2, -0.15) is 10.4 Å². The predicted molar refractivity (Wildman–Crippen MR) is 125 cm³/mol. The van der Waals surface area contributed by atoms with Crippen LogP contribution in [0.3, 0.4) is 0 Å². The lowest BCUT2D eigenvalue weighted by Crippen LogP contribution is -2.37. The summed E-state index contributed by atoms with van der Waals surface area (Å²) in [5, 5.41) is 15.9. The molecular formula is C26H26FN5O3. The number of hydrogen-bond acceptors (Lipinski definition) is 5. The number of amides is 2. The van der Waals surface area contributed by atoms with E-state index in [1.807, 2.05) is 16.8 Å². The lowest BCUT2D eigenvalue weighted by Gasteiger charge is -2.32. The van der Waals surface area contributed by atoms with Crippen LogP contribution in [0.15, 0.2) is 42.6 Å². The number of halogens is 1. The van der Waals surface area contributed by atoms with Crippen LogP contribution in [-0.4, -0.2) is 33.3 Å². The molecule has 1 aliphatic carbocycles. The number of carbonyl (C=O) groups excluding carboxylic acids is 2. The number of fused-ring (bicyclic) bond motifs is 1. The van der Waals surface area contributed by atoms with Crippen molar-refractivity contribution in [2.75, 3.05) is 6.61 Å². The molecule has 1 saturated heterocycles. The minimum absolute atomic E-state index is 0.0720. The topological polar surface area (TPSA) is 114 Å². The molecule has 8 nitrogen and oxygen atoms in total. The standard InChI is InChI=1S/C26H26FN5O3/c27-22-10-17(13-28)9-20(12-22)24-7-8-35-32(24)26(34)18-3-1-16(2-4-18)15-31-23-6-5-19(25(29)33)11-21(23)14-30-31/h5-6,9-12,14,16,18,24H,1-4,7-8,15H2,(H2,29,33)/t16-,18-,24-/m0/s1. The smallest absolute Gasteiger partial charge is 0.249 e. The number of nitrogens with zero attached hydrogens (tertiary/aromatic N) is 4. The lowest BCUT2D eigenvalue weighted by molar-refractivity contribution is -0.183. The van der Waals surface area contributed by atoms with Crippen molar-refractivity contribution in [1.29, 1.82) is 5.26 Å². The van der Waals surface area contributed by atoms with E-state index in [-0.39, 0.29) is 23.4 Å². The van der Waals surface area contributed by atoms with Gasteiger partial charge in [0.15, 0.2) is 0 Å². The van der Waals surface area contributed by atoms with Crippen LogP contribution < -0.4 is 5.73 Å². The second-order valence-electron chi connectivity index (χ2n) is 9.37. The van der Waals surface area contributed by atoms with E-state index in [0.29, 0.717) is 30.1 Å². The van der Waals surface area contributed by atoms with Crippen LogP contribution >= 0.6 is 0 Å². The number of primary amides is 1. The van der Waals surface area contributed by atoms with Crippen LogP contribution in [0.25, 0.3) is 10.9 Å². The molecule has 1 atom stereocenters. The lowest BCUT2D eigenvalue weighted by atomic mass is 9.81. The molecule has 2 N–H and O–H groups in total. The second-order valence-corrected chi connectivity index (χ2v) is 9.37. The van der Waals surface area contributed by atoms with Gasteiger partial charge >= 0.3 is 0 Å². The van der Waals surface area contributed by atoms with E-state index < -0.39 is 11.7 Å². The fraction of sp³-hybridized carbons (Fsp3) is 0.385. The first-order valence-corrected chi connectivity index (χ1v) is 11.8. The van der Waals surface area contributed by atoms with Gasteiger partial charge < -0.3 is 5.73 Å². The Bertz CT molecular complexity index is 1320. The minimum atomic E-state index is -0.490. The molecule has 9 heteroatoms. The Balaban J connectivity index is 1.22. The Morgan fingerprint density at radius 2 is 1.94 bits per heavy atom. The normalized spacial score (nSPS) is 22.3. The molecule has 2 aliphatic rings. The van der Waals surface area contributed by atoms with Crippen LogP contribution in [0.4, 0.5) is 4.39 Å². The van der Waals surface area contributed by atoms with Crippen LogP contribution in [-0.2, 0) is 16.2 Å². The van der Waals surface area contributed by atoms with Crippen molar-refractivity contribution in [2.24, 2.45) is 17.6 Å². The highest BCUT2D eigenvalue weighted by Crippen LogP contribution is 2.37. The number of benzene rings is 2. The largest absolute Gasteiger partial charge is 0.366 e. The summed E-state index contributed by atoms with van der Waals surface area (Å²) in [7, 11) is 0. The molecule has 0 bridgehead atoms. The maximum absolute atomic E-state index is 14.0. The molecule has 0 spiro atoms. The molecule has 180 valence electrons. The zero-order chi connectivity index (χ0) is 24.5. The first-order chi connectivity index (χ1) is 16.9. The van der Waals surface area contributed by atoms with Crippen molar-refractivity contribution in [3.63, 3.8) is 0 Å². The van der Waals surface area contributed by atoms with Crippen LogP contribution in [0, 0.1) is 29.0 Å². The fourth-order valence-electron chi connectivity index (χ4n) is 5.26. The first kappa shape index (κ1) is 23.0. The molecule has 2 aromatic carbocycles. The van der Waals surface area contributed by atoms with Crippen molar-refractivity contribution in [1.82, 2.24) is 14.8 Å². The average molecular weight is 476 g/mol. The molecular weight excluding hydrogens is 449 g/mol. The summed E-state index contributed by atoms with van der Waals surface area (Å²) in [6.07, 6.45) is 5.56. The molecule has 1 aromatic heterocycles. The third-order valence-electron chi connectivity index (χ3n) is 7.11. The number of hydroxylamine groups is 2. The number of nitriles is 1. The molecule has 1 aliphatic heterocycles. The zero-order valence-corrected chi connectivity index (χ0v) is 19.2. The number of hydrogen-bond donors (Lipinski definition) is 1. The highest BCUT2D eigenvalue weighted by atomic mass is 19.1. The quantitative estimate of drug-likeness (QED) is 0.602. The third-order valence-corrected chi connectivity index (χ3v) is 7.11. The Kier molecular flexibility index (Phi) is 6.22. The molecule has 2 heterocycles.